The van der Waals surface area contributed by atoms with Crippen LogP contribution in [-0.4, -0.2) is 12.2 Å². The molecular formula is C13H17BrF3N. The van der Waals surface area contributed by atoms with E-state index in [2.05, 4.69) is 21.2 Å². The van der Waals surface area contributed by atoms with Gasteiger partial charge in [0.1, 0.15) is 0 Å². The molecule has 1 aromatic rings. The fraction of sp³-hybridized carbons (Fsp3) is 0.538. The van der Waals surface area contributed by atoms with E-state index in [0.29, 0.717) is 6.42 Å². The van der Waals surface area contributed by atoms with Crippen LogP contribution in [0.4, 0.5) is 18.9 Å². The van der Waals surface area contributed by atoms with Gasteiger partial charge in [-0.2, -0.15) is 13.2 Å². The molecule has 102 valence electrons. The number of hydrogen-bond donors (Lipinski definition) is 1. The van der Waals surface area contributed by atoms with Crippen molar-refractivity contribution >= 4 is 21.6 Å². The van der Waals surface area contributed by atoms with E-state index in [-0.39, 0.29) is 12.5 Å². The van der Waals surface area contributed by atoms with Gasteiger partial charge in [-0.1, -0.05) is 22.0 Å². The number of rotatable bonds is 5. The smallest absolute Gasteiger partial charge is 0.383 e. The number of aryl methyl sites for hydroxylation is 1. The standard InChI is InChI=1S/C13H17BrF3N/c1-9-5-6-11(8-12(9)14)18-10(2)4-3-7-13(15,16)17/h5-6,8,10,18H,3-4,7H2,1-2H3. The number of benzene rings is 1. The van der Waals surface area contributed by atoms with Gasteiger partial charge >= 0.3 is 6.18 Å². The van der Waals surface area contributed by atoms with Crippen molar-refractivity contribution in [3.63, 3.8) is 0 Å². The summed E-state index contributed by atoms with van der Waals surface area (Å²) in [6, 6.07) is 5.87. The van der Waals surface area contributed by atoms with Gasteiger partial charge in [0.15, 0.2) is 0 Å². The predicted octanol–water partition coefficient (Wildman–Crippen LogP) is 5.29. The van der Waals surface area contributed by atoms with Crippen molar-refractivity contribution in [2.45, 2.75) is 45.3 Å². The average Bonchev–Trinajstić information content (AvgIpc) is 2.21. The molecule has 1 rings (SSSR count). The first-order chi connectivity index (χ1) is 8.28. The third kappa shape index (κ3) is 5.76. The molecule has 0 aliphatic carbocycles. The van der Waals surface area contributed by atoms with Crippen molar-refractivity contribution < 1.29 is 13.2 Å². The van der Waals surface area contributed by atoms with Crippen LogP contribution in [0.1, 0.15) is 31.7 Å². The molecule has 1 nitrogen and oxygen atoms in total. The lowest BCUT2D eigenvalue weighted by molar-refractivity contribution is -0.135. The summed E-state index contributed by atoms with van der Waals surface area (Å²) < 4.78 is 37.0. The predicted molar refractivity (Wildman–Crippen MR) is 71.9 cm³/mol. The summed E-state index contributed by atoms with van der Waals surface area (Å²) in [5.74, 6) is 0. The summed E-state index contributed by atoms with van der Waals surface area (Å²) in [4.78, 5) is 0. The van der Waals surface area contributed by atoms with E-state index in [0.717, 1.165) is 15.7 Å². The van der Waals surface area contributed by atoms with Gasteiger partial charge in [-0.05, 0) is 44.4 Å². The summed E-state index contributed by atoms with van der Waals surface area (Å²) in [6.07, 6.45) is -4.10. The molecule has 0 spiro atoms. The topological polar surface area (TPSA) is 12.0 Å². The van der Waals surface area contributed by atoms with Gasteiger partial charge in [-0.3, -0.25) is 0 Å². The molecule has 0 saturated heterocycles. The van der Waals surface area contributed by atoms with Crippen LogP contribution in [0.5, 0.6) is 0 Å². The summed E-state index contributed by atoms with van der Waals surface area (Å²) in [6.45, 7) is 3.88. The van der Waals surface area contributed by atoms with Crippen molar-refractivity contribution in [2.24, 2.45) is 0 Å². The maximum Gasteiger partial charge on any atom is 0.389 e. The van der Waals surface area contributed by atoms with E-state index in [1.165, 1.54) is 0 Å². The molecule has 0 bridgehead atoms. The highest BCUT2D eigenvalue weighted by Gasteiger charge is 2.26. The van der Waals surface area contributed by atoms with Gasteiger partial charge in [0.25, 0.3) is 0 Å². The molecule has 0 amide bonds. The normalized spacial score (nSPS) is 13.4. The summed E-state index contributed by atoms with van der Waals surface area (Å²) in [5.41, 5.74) is 2.05. The molecule has 1 atom stereocenters. The highest BCUT2D eigenvalue weighted by molar-refractivity contribution is 9.10. The summed E-state index contributed by atoms with van der Waals surface area (Å²) in [5, 5.41) is 3.20. The van der Waals surface area contributed by atoms with E-state index >= 15 is 0 Å². The number of alkyl halides is 3. The number of nitrogens with one attached hydrogen (secondary N) is 1. The number of hydrogen-bond acceptors (Lipinski definition) is 1. The van der Waals surface area contributed by atoms with Crippen LogP contribution < -0.4 is 5.32 Å². The SMILES string of the molecule is Cc1ccc(NC(C)CCCC(F)(F)F)cc1Br. The monoisotopic (exact) mass is 323 g/mol. The molecular weight excluding hydrogens is 307 g/mol. The molecule has 1 aromatic carbocycles. The molecule has 0 aliphatic heterocycles. The quantitative estimate of drug-likeness (QED) is 0.776. The van der Waals surface area contributed by atoms with Crippen molar-refractivity contribution in [1.82, 2.24) is 0 Å². The molecule has 18 heavy (non-hydrogen) atoms. The van der Waals surface area contributed by atoms with Crippen LogP contribution >= 0.6 is 15.9 Å². The Hall–Kier alpha value is -0.710. The summed E-state index contributed by atoms with van der Waals surface area (Å²) in [7, 11) is 0. The molecule has 0 heterocycles. The number of anilines is 1. The zero-order valence-electron chi connectivity index (χ0n) is 10.4. The zero-order chi connectivity index (χ0) is 13.8. The number of halogens is 4. The molecule has 1 unspecified atom stereocenters. The van der Waals surface area contributed by atoms with Crippen LogP contribution in [0, 0.1) is 6.92 Å². The molecule has 0 aliphatic rings. The molecule has 0 fully saturated rings. The van der Waals surface area contributed by atoms with E-state index in [4.69, 9.17) is 0 Å². The second kappa shape index (κ2) is 6.45. The van der Waals surface area contributed by atoms with Crippen LogP contribution in [0.25, 0.3) is 0 Å². The van der Waals surface area contributed by atoms with E-state index in [1.54, 1.807) is 0 Å². The second-order valence-electron chi connectivity index (χ2n) is 4.52. The lowest BCUT2D eigenvalue weighted by atomic mass is 10.1. The first-order valence-electron chi connectivity index (χ1n) is 5.87. The molecule has 0 radical (unpaired) electrons. The first kappa shape index (κ1) is 15.3. The van der Waals surface area contributed by atoms with Gasteiger partial charge in [0.2, 0.25) is 0 Å². The highest BCUT2D eigenvalue weighted by Crippen LogP contribution is 2.24. The van der Waals surface area contributed by atoms with E-state index in [9.17, 15) is 13.2 Å². The van der Waals surface area contributed by atoms with Gasteiger partial charge < -0.3 is 5.32 Å². The Morgan fingerprint density at radius 1 is 1.33 bits per heavy atom. The Kier molecular flexibility index (Phi) is 5.50. The minimum absolute atomic E-state index is 0.0296. The summed E-state index contributed by atoms with van der Waals surface area (Å²) >= 11 is 3.43. The van der Waals surface area contributed by atoms with Crippen molar-refractivity contribution in [2.75, 3.05) is 5.32 Å². The molecule has 1 N–H and O–H groups in total. The fourth-order valence-corrected chi connectivity index (χ4v) is 2.03. The Morgan fingerprint density at radius 3 is 2.56 bits per heavy atom. The van der Waals surface area contributed by atoms with Crippen LogP contribution in [0.3, 0.4) is 0 Å². The van der Waals surface area contributed by atoms with Gasteiger partial charge in [0.05, 0.1) is 0 Å². The lowest BCUT2D eigenvalue weighted by Gasteiger charge is -2.16. The Bertz CT molecular complexity index is 390. The largest absolute Gasteiger partial charge is 0.389 e. The molecule has 5 heteroatoms. The van der Waals surface area contributed by atoms with Crippen molar-refractivity contribution in [1.29, 1.82) is 0 Å². The fourth-order valence-electron chi connectivity index (χ4n) is 1.65. The van der Waals surface area contributed by atoms with Crippen molar-refractivity contribution in [3.05, 3.63) is 28.2 Å². The zero-order valence-corrected chi connectivity index (χ0v) is 12.0. The Balaban J connectivity index is 2.40. The minimum atomic E-state index is -4.05. The second-order valence-corrected chi connectivity index (χ2v) is 5.37. The lowest BCUT2D eigenvalue weighted by Crippen LogP contribution is -2.16. The van der Waals surface area contributed by atoms with E-state index < -0.39 is 12.6 Å². The van der Waals surface area contributed by atoms with Gasteiger partial charge in [-0.25, -0.2) is 0 Å². The molecule has 0 aromatic heterocycles. The first-order valence-corrected chi connectivity index (χ1v) is 6.66. The Morgan fingerprint density at radius 2 is 2.00 bits per heavy atom. The average molecular weight is 324 g/mol. The maximum atomic E-state index is 12.0. The van der Waals surface area contributed by atoms with Crippen molar-refractivity contribution in [3.8, 4) is 0 Å². The van der Waals surface area contributed by atoms with E-state index in [1.807, 2.05) is 32.0 Å². The third-order valence-electron chi connectivity index (χ3n) is 2.68. The van der Waals surface area contributed by atoms with Gasteiger partial charge in [-0.15, -0.1) is 0 Å². The maximum absolute atomic E-state index is 12.0. The molecule has 0 saturated carbocycles. The highest BCUT2D eigenvalue weighted by atomic mass is 79.9. The minimum Gasteiger partial charge on any atom is -0.383 e. The Labute approximate surface area is 114 Å². The van der Waals surface area contributed by atoms with Crippen LogP contribution in [0.15, 0.2) is 22.7 Å². The third-order valence-corrected chi connectivity index (χ3v) is 3.54. The van der Waals surface area contributed by atoms with Crippen LogP contribution in [-0.2, 0) is 0 Å². The van der Waals surface area contributed by atoms with Crippen LogP contribution in [0.2, 0.25) is 0 Å². The van der Waals surface area contributed by atoms with Gasteiger partial charge in [0, 0.05) is 22.6 Å².